The lowest BCUT2D eigenvalue weighted by Gasteiger charge is -2.34. The van der Waals surface area contributed by atoms with E-state index in [2.05, 4.69) is 17.6 Å². The Labute approximate surface area is 312 Å². The number of hydrogen-bond donors (Lipinski definition) is 1. The monoisotopic (exact) mass is 747 g/mol. The summed E-state index contributed by atoms with van der Waals surface area (Å²) in [5.41, 5.74) is -1.77. The third-order valence-corrected chi connectivity index (χ3v) is 6.50. The zero-order chi connectivity index (χ0) is 39.3. The molecule has 2 rings (SSSR count). The molecular weight excluding hydrogens is 694 g/mol. The van der Waals surface area contributed by atoms with Crippen LogP contribution in [-0.4, -0.2) is 96.5 Å². The molecule has 0 aliphatic heterocycles. The molecular formula is C37H53N3O11S. The number of rotatable bonds is 12. The van der Waals surface area contributed by atoms with Crippen LogP contribution in [0.3, 0.4) is 0 Å². The third-order valence-electron chi connectivity index (χ3n) is 6.30. The number of guanidine groups is 1. The standard InChI is InChI=1S/C37H53N3O11S/c1-35(2,3)49-32(42)38-31(40(19-21-52)34(44)51-37(7,8)9)39(33(43)50-36(4,5)6)18-15-20-47-30(41)26-22-27(45-10)29(28(23-26)46-11)48-24-25-16-13-12-14-17-25/h12-14,16-17,22-23,52H,15,18-21,24H2,1-11H3/b38-31+. The predicted molar refractivity (Wildman–Crippen MR) is 199 cm³/mol. The lowest BCUT2D eigenvalue weighted by molar-refractivity contribution is 0.0272. The Morgan fingerprint density at radius 3 is 1.69 bits per heavy atom. The van der Waals surface area contributed by atoms with E-state index >= 15 is 0 Å². The summed E-state index contributed by atoms with van der Waals surface area (Å²) < 4.78 is 39.1. The number of aliphatic imine (C=N–C) groups is 1. The van der Waals surface area contributed by atoms with Crippen molar-refractivity contribution in [3.05, 3.63) is 53.6 Å². The SMILES string of the molecule is COc1cc(C(=O)OCCCN(C(=O)OC(C)(C)C)/C(=N\C(=O)OC(C)(C)C)N(CCS)C(=O)OC(C)(C)C)cc(OC)c1OCc1ccccc1. The molecule has 0 aliphatic rings. The van der Waals surface area contributed by atoms with E-state index in [1.165, 1.54) is 26.4 Å². The van der Waals surface area contributed by atoms with Gasteiger partial charge in [0.25, 0.3) is 0 Å². The van der Waals surface area contributed by atoms with E-state index in [0.29, 0.717) is 5.75 Å². The highest BCUT2D eigenvalue weighted by Crippen LogP contribution is 2.39. The normalized spacial score (nSPS) is 12.0. The fraction of sp³-hybridized carbons (Fsp3) is 0.541. The number of thiol groups is 1. The van der Waals surface area contributed by atoms with Gasteiger partial charge >= 0.3 is 24.2 Å². The molecule has 0 radical (unpaired) electrons. The number of esters is 1. The minimum Gasteiger partial charge on any atom is -0.493 e. The minimum absolute atomic E-state index is 0.0356. The summed E-state index contributed by atoms with van der Waals surface area (Å²) in [5, 5.41) is 0. The summed E-state index contributed by atoms with van der Waals surface area (Å²) in [5.74, 6) is -0.164. The van der Waals surface area contributed by atoms with E-state index < -0.39 is 47.0 Å². The number of hydrogen-bond acceptors (Lipinski definition) is 12. The van der Waals surface area contributed by atoms with Gasteiger partial charge in [0.05, 0.1) is 26.4 Å². The van der Waals surface area contributed by atoms with E-state index in [1.807, 2.05) is 30.3 Å². The highest BCUT2D eigenvalue weighted by molar-refractivity contribution is 7.80. The van der Waals surface area contributed by atoms with Gasteiger partial charge in [-0.05, 0) is 86.4 Å². The highest BCUT2D eigenvalue weighted by Gasteiger charge is 2.35. The Balaban J connectivity index is 2.39. The summed E-state index contributed by atoms with van der Waals surface area (Å²) >= 11 is 4.28. The molecule has 0 aliphatic carbocycles. The van der Waals surface area contributed by atoms with Gasteiger partial charge in [-0.25, -0.2) is 29.0 Å². The van der Waals surface area contributed by atoms with Crippen molar-refractivity contribution in [3.8, 4) is 17.2 Å². The quantitative estimate of drug-likeness (QED) is 0.0573. The molecule has 0 saturated carbocycles. The van der Waals surface area contributed by atoms with Crippen molar-refractivity contribution in [2.45, 2.75) is 92.1 Å². The fourth-order valence-electron chi connectivity index (χ4n) is 4.25. The van der Waals surface area contributed by atoms with Crippen molar-refractivity contribution in [2.75, 3.05) is 39.7 Å². The van der Waals surface area contributed by atoms with Crippen LogP contribution in [0, 0.1) is 0 Å². The molecule has 3 amide bonds. The second-order valence-electron chi connectivity index (χ2n) is 14.4. The zero-order valence-electron chi connectivity index (χ0n) is 32.1. The first-order chi connectivity index (χ1) is 24.2. The van der Waals surface area contributed by atoms with E-state index in [-0.39, 0.29) is 55.5 Å². The minimum atomic E-state index is -1.06. The van der Waals surface area contributed by atoms with Gasteiger partial charge in [0, 0.05) is 18.8 Å². The Morgan fingerprint density at radius 1 is 0.731 bits per heavy atom. The molecule has 14 nitrogen and oxygen atoms in total. The summed E-state index contributed by atoms with van der Waals surface area (Å²) in [6, 6.07) is 12.5. The van der Waals surface area contributed by atoms with Gasteiger partial charge in [-0.2, -0.15) is 12.6 Å². The maximum absolute atomic E-state index is 13.7. The van der Waals surface area contributed by atoms with Crippen LogP contribution in [0.25, 0.3) is 0 Å². The van der Waals surface area contributed by atoms with Gasteiger partial charge in [0.1, 0.15) is 23.4 Å². The van der Waals surface area contributed by atoms with Gasteiger partial charge in [0.15, 0.2) is 11.5 Å². The van der Waals surface area contributed by atoms with Gasteiger partial charge in [-0.3, -0.25) is 0 Å². The summed E-state index contributed by atoms with van der Waals surface area (Å²) in [4.78, 5) is 59.4. The average molecular weight is 748 g/mol. The van der Waals surface area contributed by atoms with Gasteiger partial charge < -0.3 is 33.2 Å². The molecule has 0 heterocycles. The van der Waals surface area contributed by atoms with E-state index in [0.717, 1.165) is 15.4 Å². The predicted octanol–water partition coefficient (Wildman–Crippen LogP) is 7.52. The molecule has 0 spiro atoms. The summed E-state index contributed by atoms with van der Waals surface area (Å²) in [7, 11) is 2.88. The number of benzene rings is 2. The van der Waals surface area contributed by atoms with Crippen LogP contribution in [0.5, 0.6) is 17.2 Å². The Bertz CT molecular complexity index is 1520. The smallest absolute Gasteiger partial charge is 0.437 e. The van der Waals surface area contributed by atoms with Crippen LogP contribution in [0.2, 0.25) is 0 Å². The second kappa shape index (κ2) is 19.3. The maximum atomic E-state index is 13.7. The number of nitrogens with zero attached hydrogens (tertiary/aromatic N) is 3. The lowest BCUT2D eigenvalue weighted by atomic mass is 10.1. The van der Waals surface area contributed by atoms with Crippen molar-refractivity contribution in [1.29, 1.82) is 0 Å². The van der Waals surface area contributed by atoms with Crippen LogP contribution in [-0.2, 0) is 25.6 Å². The topological polar surface area (TPSA) is 152 Å². The number of carbonyl (C=O) groups excluding carboxylic acids is 4. The molecule has 0 bridgehead atoms. The molecule has 288 valence electrons. The van der Waals surface area contributed by atoms with Crippen LogP contribution < -0.4 is 14.2 Å². The Kier molecular flexibility index (Phi) is 16.1. The molecule has 0 fully saturated rings. The van der Waals surface area contributed by atoms with Gasteiger partial charge in [-0.15, -0.1) is 4.99 Å². The second-order valence-corrected chi connectivity index (χ2v) is 14.8. The lowest BCUT2D eigenvalue weighted by Crippen LogP contribution is -2.53. The largest absolute Gasteiger partial charge is 0.493 e. The molecule has 15 heteroatoms. The molecule has 0 unspecified atom stereocenters. The average Bonchev–Trinajstić information content (AvgIpc) is 3.02. The van der Waals surface area contributed by atoms with Crippen molar-refractivity contribution in [2.24, 2.45) is 4.99 Å². The van der Waals surface area contributed by atoms with Crippen LogP contribution >= 0.6 is 12.6 Å². The zero-order valence-corrected chi connectivity index (χ0v) is 33.0. The molecule has 52 heavy (non-hydrogen) atoms. The van der Waals surface area contributed by atoms with Gasteiger partial charge in [-0.1, -0.05) is 30.3 Å². The molecule has 2 aromatic carbocycles. The Morgan fingerprint density at radius 2 is 1.23 bits per heavy atom. The first kappa shape index (κ1) is 43.5. The first-order valence-electron chi connectivity index (χ1n) is 16.7. The summed E-state index contributed by atoms with van der Waals surface area (Å²) in [6.45, 7) is 14.7. The molecule has 0 atom stereocenters. The van der Waals surface area contributed by atoms with Gasteiger partial charge in [0.2, 0.25) is 11.7 Å². The summed E-state index contributed by atoms with van der Waals surface area (Å²) in [6.07, 6.45) is -2.83. The van der Waals surface area contributed by atoms with Crippen LogP contribution in [0.15, 0.2) is 47.5 Å². The molecule has 2 aromatic rings. The van der Waals surface area contributed by atoms with E-state index in [9.17, 15) is 19.2 Å². The molecule has 0 N–H and O–H groups in total. The van der Waals surface area contributed by atoms with Crippen LogP contribution in [0.1, 0.15) is 84.7 Å². The first-order valence-corrected chi connectivity index (χ1v) is 17.3. The fourth-order valence-corrected chi connectivity index (χ4v) is 4.45. The van der Waals surface area contributed by atoms with E-state index in [1.54, 1.807) is 62.3 Å². The molecule has 0 aromatic heterocycles. The van der Waals surface area contributed by atoms with E-state index in [4.69, 9.17) is 33.2 Å². The number of methoxy groups -OCH3 is 2. The maximum Gasteiger partial charge on any atom is 0.437 e. The highest BCUT2D eigenvalue weighted by atomic mass is 32.1. The number of ether oxygens (including phenoxy) is 7. The number of amides is 3. The van der Waals surface area contributed by atoms with Crippen molar-refractivity contribution < 1.29 is 52.3 Å². The molecule has 0 saturated heterocycles. The van der Waals surface area contributed by atoms with Crippen molar-refractivity contribution in [1.82, 2.24) is 9.80 Å². The third kappa shape index (κ3) is 14.9. The Hall–Kier alpha value is -4.66. The number of carbonyl (C=O) groups is 4. The van der Waals surface area contributed by atoms with Crippen LogP contribution in [0.4, 0.5) is 14.4 Å². The van der Waals surface area contributed by atoms with Crippen molar-refractivity contribution in [3.63, 3.8) is 0 Å². The van der Waals surface area contributed by atoms with Crippen molar-refractivity contribution >= 4 is 42.8 Å².